The number of rotatable bonds is 5. The van der Waals surface area contributed by atoms with E-state index in [4.69, 9.17) is 5.84 Å². The van der Waals surface area contributed by atoms with Gasteiger partial charge in [0.2, 0.25) is 5.82 Å². The van der Waals surface area contributed by atoms with Crippen LogP contribution in [0.2, 0.25) is 0 Å². The number of nitrogen functional groups attached to an aromatic ring is 1. The molecule has 0 saturated heterocycles. The van der Waals surface area contributed by atoms with Crippen LogP contribution in [-0.4, -0.2) is 16.5 Å². The maximum atomic E-state index is 12.7. The van der Waals surface area contributed by atoms with Crippen LogP contribution in [0.1, 0.15) is 44.9 Å². The molecule has 4 N–H and O–H groups in total. The molecule has 1 aliphatic rings. The van der Waals surface area contributed by atoms with Crippen molar-refractivity contribution in [1.82, 2.24) is 9.97 Å². The van der Waals surface area contributed by atoms with Crippen molar-refractivity contribution in [1.29, 1.82) is 0 Å². The molecule has 2 rings (SSSR count). The molecule has 0 unspecified atom stereocenters. The van der Waals surface area contributed by atoms with E-state index in [-0.39, 0.29) is 17.1 Å². The number of hydrogen-bond donors (Lipinski definition) is 3. The first-order valence-corrected chi connectivity index (χ1v) is 7.05. The summed E-state index contributed by atoms with van der Waals surface area (Å²) >= 11 is 0. The molecule has 21 heavy (non-hydrogen) atoms. The normalized spacial score (nSPS) is 17.8. The van der Waals surface area contributed by atoms with Crippen LogP contribution in [0, 0.1) is 5.41 Å². The van der Waals surface area contributed by atoms with Gasteiger partial charge in [0.1, 0.15) is 11.6 Å². The smallest absolute Gasteiger partial charge is 0.369 e. The molecular weight excluding hydrogens is 283 g/mol. The highest BCUT2D eigenvalue weighted by molar-refractivity contribution is 5.47. The average Bonchev–Trinajstić information content (AvgIpc) is 2.93. The number of alkyl halides is 3. The highest BCUT2D eigenvalue weighted by Gasteiger charge is 2.36. The van der Waals surface area contributed by atoms with Crippen molar-refractivity contribution >= 4 is 11.6 Å². The zero-order valence-corrected chi connectivity index (χ0v) is 11.9. The number of nitrogens with two attached hydrogens (primary N) is 1. The Balaban J connectivity index is 2.15. The lowest BCUT2D eigenvalue weighted by atomic mass is 9.83. The van der Waals surface area contributed by atoms with E-state index in [1.165, 1.54) is 18.9 Å². The molecule has 5 nitrogen and oxygen atoms in total. The van der Waals surface area contributed by atoms with Crippen molar-refractivity contribution in [2.45, 2.75) is 45.2 Å². The topological polar surface area (TPSA) is 75.9 Å². The van der Waals surface area contributed by atoms with Gasteiger partial charge >= 0.3 is 6.18 Å². The Morgan fingerprint density at radius 3 is 2.38 bits per heavy atom. The van der Waals surface area contributed by atoms with Gasteiger partial charge in [-0.25, -0.2) is 15.8 Å². The number of nitrogens with one attached hydrogen (secondary N) is 2. The van der Waals surface area contributed by atoms with Gasteiger partial charge in [-0.1, -0.05) is 19.8 Å². The molecule has 1 heterocycles. The van der Waals surface area contributed by atoms with Crippen LogP contribution in [0.5, 0.6) is 0 Å². The van der Waals surface area contributed by atoms with Crippen molar-refractivity contribution in [3.63, 3.8) is 0 Å². The first-order valence-electron chi connectivity index (χ1n) is 7.05. The molecular formula is C13H20F3N5. The van der Waals surface area contributed by atoms with Crippen molar-refractivity contribution in [3.8, 4) is 0 Å². The van der Waals surface area contributed by atoms with Gasteiger partial charge in [0.15, 0.2) is 0 Å². The van der Waals surface area contributed by atoms with Gasteiger partial charge in [0, 0.05) is 12.6 Å². The summed E-state index contributed by atoms with van der Waals surface area (Å²) in [7, 11) is 0. The Labute approximate surface area is 121 Å². The van der Waals surface area contributed by atoms with Gasteiger partial charge in [-0.05, 0) is 24.7 Å². The van der Waals surface area contributed by atoms with E-state index in [0.29, 0.717) is 6.54 Å². The zero-order valence-electron chi connectivity index (χ0n) is 11.9. The number of anilines is 2. The van der Waals surface area contributed by atoms with Crippen molar-refractivity contribution in [3.05, 3.63) is 11.9 Å². The first-order chi connectivity index (χ1) is 9.88. The largest absolute Gasteiger partial charge is 0.451 e. The molecule has 0 spiro atoms. The number of hydrogen-bond acceptors (Lipinski definition) is 5. The molecule has 1 saturated carbocycles. The minimum absolute atomic E-state index is 0.0585. The average molecular weight is 303 g/mol. The van der Waals surface area contributed by atoms with Gasteiger partial charge < -0.3 is 10.7 Å². The second-order valence-electron chi connectivity index (χ2n) is 5.52. The summed E-state index contributed by atoms with van der Waals surface area (Å²) in [5.74, 6) is 4.05. The Morgan fingerprint density at radius 2 is 1.86 bits per heavy atom. The molecule has 0 radical (unpaired) electrons. The van der Waals surface area contributed by atoms with Gasteiger partial charge in [-0.2, -0.15) is 13.2 Å². The molecule has 1 aromatic heterocycles. The fourth-order valence-electron chi connectivity index (χ4n) is 2.80. The first kappa shape index (κ1) is 15.8. The quantitative estimate of drug-likeness (QED) is 0.575. The standard InChI is InChI=1S/C13H20F3N5/c1-2-12(5-3-4-6-12)8-18-9-7-10(21-17)20-11(19-9)13(14,15)16/h7H,2-6,8,17H2,1H3,(H2,18,19,20,21). The van der Waals surface area contributed by atoms with E-state index >= 15 is 0 Å². The van der Waals surface area contributed by atoms with Gasteiger partial charge in [0.05, 0.1) is 0 Å². The summed E-state index contributed by atoms with van der Waals surface area (Å²) in [5.41, 5.74) is 2.29. The van der Waals surface area contributed by atoms with Gasteiger partial charge in [-0.3, -0.25) is 0 Å². The zero-order chi connectivity index (χ0) is 15.5. The SMILES string of the molecule is CCC1(CNc2cc(NN)nc(C(F)(F)F)n2)CCCC1. The summed E-state index contributed by atoms with van der Waals surface area (Å²) in [6, 6.07) is 1.38. The molecule has 0 amide bonds. The summed E-state index contributed by atoms with van der Waals surface area (Å²) in [6.45, 7) is 2.73. The van der Waals surface area contributed by atoms with Crippen molar-refractivity contribution < 1.29 is 13.2 Å². The molecule has 0 bridgehead atoms. The number of aromatic nitrogens is 2. The predicted molar refractivity (Wildman–Crippen MR) is 74.5 cm³/mol. The predicted octanol–water partition coefficient (Wildman–Crippen LogP) is 3.16. The Hall–Kier alpha value is -1.57. The van der Waals surface area contributed by atoms with Crippen molar-refractivity contribution in [2.24, 2.45) is 11.3 Å². The molecule has 1 aliphatic carbocycles. The van der Waals surface area contributed by atoms with Crippen molar-refractivity contribution in [2.75, 3.05) is 17.3 Å². The Kier molecular flexibility index (Phi) is 4.55. The number of halogens is 3. The maximum absolute atomic E-state index is 12.7. The molecule has 1 fully saturated rings. The minimum atomic E-state index is -4.60. The Morgan fingerprint density at radius 1 is 1.24 bits per heavy atom. The molecule has 8 heteroatoms. The van der Waals surface area contributed by atoms with Crippen LogP contribution in [0.15, 0.2) is 6.07 Å². The molecule has 0 aromatic carbocycles. The second-order valence-corrected chi connectivity index (χ2v) is 5.52. The summed E-state index contributed by atoms with van der Waals surface area (Å²) < 4.78 is 38.2. The van der Waals surface area contributed by atoms with E-state index < -0.39 is 12.0 Å². The van der Waals surface area contributed by atoms with Crippen LogP contribution in [0.3, 0.4) is 0 Å². The van der Waals surface area contributed by atoms with E-state index in [2.05, 4.69) is 27.6 Å². The fourth-order valence-corrected chi connectivity index (χ4v) is 2.80. The third-order valence-corrected chi connectivity index (χ3v) is 4.19. The summed E-state index contributed by atoms with van der Waals surface area (Å²) in [5, 5.41) is 3.02. The van der Waals surface area contributed by atoms with Gasteiger partial charge in [-0.15, -0.1) is 0 Å². The van der Waals surface area contributed by atoms with Crippen LogP contribution in [0.25, 0.3) is 0 Å². The lowest BCUT2D eigenvalue weighted by Gasteiger charge is -2.28. The third kappa shape index (κ3) is 3.75. The molecule has 118 valence electrons. The molecule has 0 atom stereocenters. The van der Waals surface area contributed by atoms with E-state index in [1.807, 2.05) is 0 Å². The Bertz CT molecular complexity index is 483. The second kappa shape index (κ2) is 6.05. The highest BCUT2D eigenvalue weighted by atomic mass is 19.4. The van der Waals surface area contributed by atoms with Crippen LogP contribution < -0.4 is 16.6 Å². The minimum Gasteiger partial charge on any atom is -0.369 e. The van der Waals surface area contributed by atoms with E-state index in [1.54, 1.807) is 0 Å². The van der Waals surface area contributed by atoms with Crippen LogP contribution >= 0.6 is 0 Å². The van der Waals surface area contributed by atoms with E-state index in [0.717, 1.165) is 19.3 Å². The maximum Gasteiger partial charge on any atom is 0.451 e. The third-order valence-electron chi connectivity index (χ3n) is 4.19. The lowest BCUT2D eigenvalue weighted by Crippen LogP contribution is -2.27. The van der Waals surface area contributed by atoms with Gasteiger partial charge in [0.25, 0.3) is 0 Å². The monoisotopic (exact) mass is 303 g/mol. The van der Waals surface area contributed by atoms with Crippen LogP contribution in [-0.2, 0) is 6.18 Å². The molecule has 0 aliphatic heterocycles. The lowest BCUT2D eigenvalue weighted by molar-refractivity contribution is -0.144. The van der Waals surface area contributed by atoms with E-state index in [9.17, 15) is 13.2 Å². The number of hydrazine groups is 1. The fraction of sp³-hybridized carbons (Fsp3) is 0.692. The summed E-state index contributed by atoms with van der Waals surface area (Å²) in [4.78, 5) is 6.86. The summed E-state index contributed by atoms with van der Waals surface area (Å²) in [6.07, 6.45) is 0.926. The molecule has 1 aromatic rings. The highest BCUT2D eigenvalue weighted by Crippen LogP contribution is 2.41. The number of nitrogens with zero attached hydrogens (tertiary/aromatic N) is 2. The van der Waals surface area contributed by atoms with Crippen LogP contribution in [0.4, 0.5) is 24.8 Å².